The number of carbonyl (C=O) groups excluding carboxylic acids is 1. The maximum Gasteiger partial charge on any atom is 0.237 e. The number of hydrogen-bond donors (Lipinski definition) is 2. The molecule has 0 bridgehead atoms. The standard InChI is InChI=1S/C11H22N2O4S/c1-17-6-2-3-10(12)11(14)13-9-4-7-18(15,16)8-5-9/h9-10H,2-8,12H2,1H3,(H,13,14). The molecule has 0 saturated carbocycles. The van der Waals surface area contributed by atoms with E-state index in [9.17, 15) is 13.2 Å². The van der Waals surface area contributed by atoms with Crippen LogP contribution >= 0.6 is 0 Å². The number of nitrogens with one attached hydrogen (secondary N) is 1. The molecule has 0 aliphatic carbocycles. The molecule has 1 rings (SSSR count). The summed E-state index contributed by atoms with van der Waals surface area (Å²) in [5.74, 6) is 0.101. The lowest BCUT2D eigenvalue weighted by atomic mass is 10.1. The van der Waals surface area contributed by atoms with Gasteiger partial charge in [-0.05, 0) is 25.7 Å². The smallest absolute Gasteiger partial charge is 0.237 e. The first-order valence-electron chi connectivity index (χ1n) is 6.20. The van der Waals surface area contributed by atoms with E-state index in [0.29, 0.717) is 25.9 Å². The molecule has 1 aliphatic heterocycles. The lowest BCUT2D eigenvalue weighted by Gasteiger charge is -2.24. The summed E-state index contributed by atoms with van der Waals surface area (Å²) in [6.45, 7) is 0.586. The molecule has 7 heteroatoms. The van der Waals surface area contributed by atoms with E-state index in [1.54, 1.807) is 7.11 Å². The highest BCUT2D eigenvalue weighted by molar-refractivity contribution is 7.91. The maximum absolute atomic E-state index is 11.7. The van der Waals surface area contributed by atoms with Gasteiger partial charge in [-0.2, -0.15) is 0 Å². The van der Waals surface area contributed by atoms with Crippen molar-refractivity contribution in [2.45, 2.75) is 37.8 Å². The minimum Gasteiger partial charge on any atom is -0.385 e. The average molecular weight is 278 g/mol. The monoisotopic (exact) mass is 278 g/mol. The van der Waals surface area contributed by atoms with Crippen LogP contribution in [0.15, 0.2) is 0 Å². The fourth-order valence-electron chi connectivity index (χ4n) is 1.92. The van der Waals surface area contributed by atoms with Crippen molar-refractivity contribution in [3.63, 3.8) is 0 Å². The molecule has 0 spiro atoms. The number of nitrogens with two attached hydrogens (primary N) is 1. The van der Waals surface area contributed by atoms with Gasteiger partial charge in [0.05, 0.1) is 17.5 Å². The Morgan fingerprint density at radius 3 is 2.61 bits per heavy atom. The maximum atomic E-state index is 11.7. The number of rotatable bonds is 6. The molecule has 1 aliphatic rings. The van der Waals surface area contributed by atoms with Gasteiger partial charge in [0.2, 0.25) is 5.91 Å². The van der Waals surface area contributed by atoms with Gasteiger partial charge in [-0.25, -0.2) is 8.42 Å². The van der Waals surface area contributed by atoms with Gasteiger partial charge in [-0.1, -0.05) is 0 Å². The molecular formula is C11H22N2O4S. The summed E-state index contributed by atoms with van der Waals surface area (Å²) < 4.78 is 27.4. The van der Waals surface area contributed by atoms with E-state index in [2.05, 4.69) is 5.32 Å². The van der Waals surface area contributed by atoms with Crippen LogP contribution in [0.2, 0.25) is 0 Å². The van der Waals surface area contributed by atoms with Crippen LogP contribution in [0.1, 0.15) is 25.7 Å². The third-order valence-corrected chi connectivity index (χ3v) is 4.82. The van der Waals surface area contributed by atoms with E-state index in [4.69, 9.17) is 10.5 Å². The number of ether oxygens (including phenoxy) is 1. The zero-order valence-corrected chi connectivity index (χ0v) is 11.5. The Balaban J connectivity index is 2.28. The third-order valence-electron chi connectivity index (χ3n) is 3.10. The molecular weight excluding hydrogens is 256 g/mol. The summed E-state index contributed by atoms with van der Waals surface area (Å²) in [6, 6.07) is -0.604. The van der Waals surface area contributed by atoms with Crippen molar-refractivity contribution >= 4 is 15.7 Å². The van der Waals surface area contributed by atoms with E-state index in [1.807, 2.05) is 0 Å². The molecule has 1 atom stereocenters. The van der Waals surface area contributed by atoms with Crippen LogP contribution in [0.3, 0.4) is 0 Å². The summed E-state index contributed by atoms with van der Waals surface area (Å²) >= 11 is 0. The summed E-state index contributed by atoms with van der Waals surface area (Å²) in [5.41, 5.74) is 5.74. The first-order valence-corrected chi connectivity index (χ1v) is 8.02. The van der Waals surface area contributed by atoms with E-state index < -0.39 is 15.9 Å². The van der Waals surface area contributed by atoms with E-state index in [0.717, 1.165) is 6.42 Å². The molecule has 1 unspecified atom stereocenters. The summed E-state index contributed by atoms with van der Waals surface area (Å²) in [5, 5.41) is 2.81. The summed E-state index contributed by atoms with van der Waals surface area (Å²) in [6.07, 6.45) is 2.28. The lowest BCUT2D eigenvalue weighted by molar-refractivity contribution is -0.123. The van der Waals surface area contributed by atoms with Crippen molar-refractivity contribution in [1.29, 1.82) is 0 Å². The molecule has 0 radical (unpaired) electrons. The highest BCUT2D eigenvalue weighted by atomic mass is 32.2. The van der Waals surface area contributed by atoms with Gasteiger partial charge in [0.1, 0.15) is 9.84 Å². The molecule has 1 heterocycles. The lowest BCUT2D eigenvalue weighted by Crippen LogP contribution is -2.47. The largest absolute Gasteiger partial charge is 0.385 e. The van der Waals surface area contributed by atoms with Crippen LogP contribution in [-0.2, 0) is 19.4 Å². The molecule has 1 fully saturated rings. The Hall–Kier alpha value is -0.660. The first kappa shape index (κ1) is 15.4. The summed E-state index contributed by atoms with van der Waals surface area (Å²) in [4.78, 5) is 11.7. The predicted octanol–water partition coefficient (Wildman–Crippen LogP) is -0.566. The highest BCUT2D eigenvalue weighted by Crippen LogP contribution is 2.12. The van der Waals surface area contributed by atoms with Gasteiger partial charge >= 0.3 is 0 Å². The third kappa shape index (κ3) is 5.32. The second kappa shape index (κ2) is 7.06. The minimum absolute atomic E-state index is 0.0606. The van der Waals surface area contributed by atoms with Gasteiger partial charge in [0, 0.05) is 19.8 Å². The Morgan fingerprint density at radius 2 is 2.06 bits per heavy atom. The van der Waals surface area contributed by atoms with Crippen LogP contribution < -0.4 is 11.1 Å². The number of sulfone groups is 1. The van der Waals surface area contributed by atoms with Crippen molar-refractivity contribution in [3.8, 4) is 0 Å². The molecule has 0 aromatic rings. The van der Waals surface area contributed by atoms with Crippen LogP contribution in [0, 0.1) is 0 Å². The van der Waals surface area contributed by atoms with Crippen molar-refractivity contribution in [1.82, 2.24) is 5.32 Å². The van der Waals surface area contributed by atoms with Crippen LogP contribution in [0.25, 0.3) is 0 Å². The quantitative estimate of drug-likeness (QED) is 0.634. The highest BCUT2D eigenvalue weighted by Gasteiger charge is 2.25. The fraction of sp³-hybridized carbons (Fsp3) is 0.909. The molecule has 3 N–H and O–H groups in total. The van der Waals surface area contributed by atoms with E-state index >= 15 is 0 Å². The molecule has 18 heavy (non-hydrogen) atoms. The molecule has 0 aromatic heterocycles. The van der Waals surface area contributed by atoms with Gasteiger partial charge < -0.3 is 15.8 Å². The Bertz CT molecular complexity index is 355. The zero-order valence-electron chi connectivity index (χ0n) is 10.7. The molecule has 6 nitrogen and oxygen atoms in total. The SMILES string of the molecule is COCCCC(N)C(=O)NC1CCS(=O)(=O)CC1. The van der Waals surface area contributed by atoms with Gasteiger partial charge in [0.25, 0.3) is 0 Å². The van der Waals surface area contributed by atoms with E-state index in [1.165, 1.54) is 0 Å². The fourth-order valence-corrected chi connectivity index (χ4v) is 3.41. The predicted molar refractivity (Wildman–Crippen MR) is 68.9 cm³/mol. The number of methoxy groups -OCH3 is 1. The van der Waals surface area contributed by atoms with Crippen LogP contribution in [-0.4, -0.2) is 51.6 Å². The average Bonchev–Trinajstić information content (AvgIpc) is 2.32. The topological polar surface area (TPSA) is 98.5 Å². The van der Waals surface area contributed by atoms with Crippen LogP contribution in [0.4, 0.5) is 0 Å². The van der Waals surface area contributed by atoms with Gasteiger partial charge in [-0.15, -0.1) is 0 Å². The summed E-state index contributed by atoms with van der Waals surface area (Å²) in [7, 11) is -1.28. The second-order valence-electron chi connectivity index (χ2n) is 4.68. The van der Waals surface area contributed by atoms with E-state index in [-0.39, 0.29) is 23.5 Å². The zero-order chi connectivity index (χ0) is 13.6. The molecule has 0 aromatic carbocycles. The molecule has 1 amide bonds. The normalized spacial score (nSPS) is 21.4. The van der Waals surface area contributed by atoms with Gasteiger partial charge in [0.15, 0.2) is 0 Å². The first-order chi connectivity index (χ1) is 8.44. The molecule has 1 saturated heterocycles. The van der Waals surface area contributed by atoms with Crippen molar-refractivity contribution < 1.29 is 17.9 Å². The minimum atomic E-state index is -2.89. The Labute approximate surface area is 108 Å². The van der Waals surface area contributed by atoms with Crippen molar-refractivity contribution in [3.05, 3.63) is 0 Å². The Morgan fingerprint density at radius 1 is 1.44 bits per heavy atom. The van der Waals surface area contributed by atoms with Gasteiger partial charge in [-0.3, -0.25) is 4.79 Å². The van der Waals surface area contributed by atoms with Crippen molar-refractivity contribution in [2.75, 3.05) is 25.2 Å². The number of carbonyl (C=O) groups is 1. The second-order valence-corrected chi connectivity index (χ2v) is 6.98. The van der Waals surface area contributed by atoms with Crippen LogP contribution in [0.5, 0.6) is 0 Å². The van der Waals surface area contributed by atoms with Crippen molar-refractivity contribution in [2.24, 2.45) is 5.73 Å². The Kier molecular flexibility index (Phi) is 6.04. The number of hydrogen-bond acceptors (Lipinski definition) is 5. The molecule has 106 valence electrons. The number of amides is 1.